The lowest BCUT2D eigenvalue weighted by Crippen LogP contribution is -2.13. The van der Waals surface area contributed by atoms with E-state index in [1.54, 1.807) is 6.07 Å². The van der Waals surface area contributed by atoms with Crippen molar-refractivity contribution in [1.29, 1.82) is 0 Å². The Morgan fingerprint density at radius 2 is 1.68 bits per heavy atom. The monoisotopic (exact) mass is 281 g/mol. The number of nitrogens with zero attached hydrogens (tertiary/aromatic N) is 1. The Bertz CT molecular complexity index is 618. The second kappa shape index (κ2) is 4.89. The van der Waals surface area contributed by atoms with Crippen LogP contribution in [0.15, 0.2) is 30.3 Å². The average molecular weight is 282 g/mol. The maximum absolute atomic E-state index is 13.3. The molecular weight excluding hydrogens is 268 g/mol. The van der Waals surface area contributed by atoms with Gasteiger partial charge in [-0.15, -0.1) is 0 Å². The molecule has 0 N–H and O–H groups in total. The van der Waals surface area contributed by atoms with Crippen LogP contribution >= 0.6 is 11.6 Å². The van der Waals surface area contributed by atoms with Crippen LogP contribution in [0.1, 0.15) is 26.5 Å². The quantitative estimate of drug-likeness (QED) is 0.672. The Kier molecular flexibility index (Phi) is 3.59. The van der Waals surface area contributed by atoms with Gasteiger partial charge in [0, 0.05) is 16.7 Å². The summed E-state index contributed by atoms with van der Waals surface area (Å²) in [5.41, 5.74) is 1.68. The highest BCUT2D eigenvalue weighted by molar-refractivity contribution is 6.33. The molecule has 2 rings (SSSR count). The molecule has 0 atom stereocenters. The fourth-order valence-electron chi connectivity index (χ4n) is 1.72. The number of benzene rings is 1. The van der Waals surface area contributed by atoms with Gasteiger partial charge >= 0.3 is 0 Å². The summed E-state index contributed by atoms with van der Waals surface area (Å²) in [5.74, 6) is -1.89. The van der Waals surface area contributed by atoms with E-state index in [9.17, 15) is 8.78 Å². The van der Waals surface area contributed by atoms with Crippen LogP contribution in [0.4, 0.5) is 8.78 Å². The molecule has 4 heteroatoms. The van der Waals surface area contributed by atoms with Gasteiger partial charge in [-0.3, -0.25) is 4.98 Å². The molecule has 0 aliphatic heterocycles. The highest BCUT2D eigenvalue weighted by atomic mass is 35.5. The van der Waals surface area contributed by atoms with Gasteiger partial charge in [0.1, 0.15) is 0 Å². The summed E-state index contributed by atoms with van der Waals surface area (Å²) in [6, 6.07) is 7.51. The number of hydrogen-bond donors (Lipinski definition) is 0. The van der Waals surface area contributed by atoms with Crippen molar-refractivity contribution in [2.24, 2.45) is 0 Å². The number of hydrogen-bond acceptors (Lipinski definition) is 1. The molecule has 0 saturated carbocycles. The minimum absolute atomic E-state index is 0.124. The van der Waals surface area contributed by atoms with E-state index in [1.165, 1.54) is 0 Å². The Balaban J connectivity index is 2.57. The van der Waals surface area contributed by atoms with E-state index in [0.717, 1.165) is 17.8 Å². The molecule has 1 aromatic carbocycles. The standard InChI is InChI=1S/C15H14ClF2N/c1-15(2,3)14-6-4-5-13(19-14)9-7-11(17)12(18)8-10(9)16/h4-8H,1-3H3. The van der Waals surface area contributed by atoms with Crippen LogP contribution in [0.5, 0.6) is 0 Å². The molecule has 2 aromatic rings. The minimum Gasteiger partial charge on any atom is -0.252 e. The van der Waals surface area contributed by atoms with E-state index in [-0.39, 0.29) is 10.4 Å². The lowest BCUT2D eigenvalue weighted by Gasteiger charge is -2.18. The van der Waals surface area contributed by atoms with Gasteiger partial charge in [-0.2, -0.15) is 0 Å². The minimum atomic E-state index is -0.958. The SMILES string of the molecule is CC(C)(C)c1cccc(-c2cc(F)c(F)cc2Cl)n1. The van der Waals surface area contributed by atoms with E-state index in [0.29, 0.717) is 11.3 Å². The third-order valence-electron chi connectivity index (χ3n) is 2.80. The predicted octanol–water partition coefficient (Wildman–Crippen LogP) is 4.98. The largest absolute Gasteiger partial charge is 0.252 e. The summed E-state index contributed by atoms with van der Waals surface area (Å²) < 4.78 is 26.4. The summed E-state index contributed by atoms with van der Waals surface area (Å²) in [4.78, 5) is 4.47. The average Bonchev–Trinajstić information content (AvgIpc) is 2.33. The predicted molar refractivity (Wildman–Crippen MR) is 73.3 cm³/mol. The topological polar surface area (TPSA) is 12.9 Å². The van der Waals surface area contributed by atoms with E-state index >= 15 is 0 Å². The Morgan fingerprint density at radius 1 is 1.05 bits per heavy atom. The number of halogens is 3. The molecule has 1 heterocycles. The van der Waals surface area contributed by atoms with Gasteiger partial charge in [-0.25, -0.2) is 8.78 Å². The molecule has 0 fully saturated rings. The van der Waals surface area contributed by atoms with Gasteiger partial charge in [-0.1, -0.05) is 38.4 Å². The lowest BCUT2D eigenvalue weighted by molar-refractivity contribution is 0.509. The summed E-state index contributed by atoms with van der Waals surface area (Å²) in [6.07, 6.45) is 0. The van der Waals surface area contributed by atoms with Crippen molar-refractivity contribution >= 4 is 11.6 Å². The van der Waals surface area contributed by atoms with Gasteiger partial charge < -0.3 is 0 Å². The molecule has 1 nitrogen and oxygen atoms in total. The first-order valence-electron chi connectivity index (χ1n) is 5.91. The maximum atomic E-state index is 13.3. The number of rotatable bonds is 1. The molecule has 0 aliphatic rings. The second-order valence-electron chi connectivity index (χ2n) is 5.40. The van der Waals surface area contributed by atoms with E-state index < -0.39 is 11.6 Å². The lowest BCUT2D eigenvalue weighted by atomic mass is 9.91. The molecular formula is C15H14ClF2N. The van der Waals surface area contributed by atoms with Gasteiger partial charge in [0.15, 0.2) is 11.6 Å². The molecule has 0 bridgehead atoms. The van der Waals surface area contributed by atoms with Crippen LogP contribution in [0.3, 0.4) is 0 Å². The first kappa shape index (κ1) is 13.9. The molecule has 19 heavy (non-hydrogen) atoms. The molecule has 0 saturated heterocycles. The van der Waals surface area contributed by atoms with Crippen molar-refractivity contribution in [3.8, 4) is 11.3 Å². The number of aromatic nitrogens is 1. The molecule has 0 radical (unpaired) electrons. The first-order valence-corrected chi connectivity index (χ1v) is 6.29. The van der Waals surface area contributed by atoms with Crippen LogP contribution in [0.25, 0.3) is 11.3 Å². The van der Waals surface area contributed by atoms with Crippen LogP contribution in [0.2, 0.25) is 5.02 Å². The van der Waals surface area contributed by atoms with E-state index in [2.05, 4.69) is 4.98 Å². The zero-order valence-electron chi connectivity index (χ0n) is 11.0. The Hall–Kier alpha value is -1.48. The van der Waals surface area contributed by atoms with Crippen LogP contribution < -0.4 is 0 Å². The first-order chi connectivity index (χ1) is 8.79. The van der Waals surface area contributed by atoms with Crippen LogP contribution in [-0.4, -0.2) is 4.98 Å². The molecule has 100 valence electrons. The van der Waals surface area contributed by atoms with Crippen molar-refractivity contribution in [2.75, 3.05) is 0 Å². The van der Waals surface area contributed by atoms with Crippen molar-refractivity contribution in [1.82, 2.24) is 4.98 Å². The highest BCUT2D eigenvalue weighted by Crippen LogP contribution is 2.30. The molecule has 1 aromatic heterocycles. The highest BCUT2D eigenvalue weighted by Gasteiger charge is 2.17. The van der Waals surface area contributed by atoms with Crippen LogP contribution in [0, 0.1) is 11.6 Å². The van der Waals surface area contributed by atoms with E-state index in [4.69, 9.17) is 11.6 Å². The van der Waals surface area contributed by atoms with Crippen molar-refractivity contribution < 1.29 is 8.78 Å². The van der Waals surface area contributed by atoms with Gasteiger partial charge in [-0.05, 0) is 24.3 Å². The molecule has 0 aliphatic carbocycles. The van der Waals surface area contributed by atoms with Crippen molar-refractivity contribution in [3.63, 3.8) is 0 Å². The zero-order chi connectivity index (χ0) is 14.2. The summed E-state index contributed by atoms with van der Waals surface area (Å²) in [5, 5.41) is 0.150. The third-order valence-corrected chi connectivity index (χ3v) is 3.12. The summed E-state index contributed by atoms with van der Waals surface area (Å²) in [6.45, 7) is 6.10. The fraction of sp³-hybridized carbons (Fsp3) is 0.267. The normalized spacial score (nSPS) is 11.7. The summed E-state index contributed by atoms with van der Waals surface area (Å²) >= 11 is 5.96. The maximum Gasteiger partial charge on any atom is 0.160 e. The molecule has 0 unspecified atom stereocenters. The van der Waals surface area contributed by atoms with Gasteiger partial charge in [0.2, 0.25) is 0 Å². The van der Waals surface area contributed by atoms with Gasteiger partial charge in [0.25, 0.3) is 0 Å². The number of pyridine rings is 1. The zero-order valence-corrected chi connectivity index (χ0v) is 11.7. The summed E-state index contributed by atoms with van der Waals surface area (Å²) in [7, 11) is 0. The second-order valence-corrected chi connectivity index (χ2v) is 5.81. The Morgan fingerprint density at radius 3 is 2.32 bits per heavy atom. The van der Waals surface area contributed by atoms with E-state index in [1.807, 2.05) is 32.9 Å². The third kappa shape index (κ3) is 2.92. The molecule has 0 spiro atoms. The van der Waals surface area contributed by atoms with Crippen LogP contribution in [-0.2, 0) is 5.41 Å². The fourth-order valence-corrected chi connectivity index (χ4v) is 1.97. The smallest absolute Gasteiger partial charge is 0.160 e. The molecule has 0 amide bonds. The van der Waals surface area contributed by atoms with Gasteiger partial charge in [0.05, 0.1) is 10.7 Å². The van der Waals surface area contributed by atoms with Crippen molar-refractivity contribution in [3.05, 3.63) is 52.7 Å². The Labute approximate surface area is 116 Å². The van der Waals surface area contributed by atoms with Crippen molar-refractivity contribution in [2.45, 2.75) is 26.2 Å².